The quantitative estimate of drug-likeness (QED) is 0.929. The molecule has 1 amide bonds. The van der Waals surface area contributed by atoms with Crippen molar-refractivity contribution in [3.05, 3.63) is 28.3 Å². The van der Waals surface area contributed by atoms with E-state index in [0.29, 0.717) is 5.75 Å². The summed E-state index contributed by atoms with van der Waals surface area (Å²) in [6.45, 7) is 7.33. The summed E-state index contributed by atoms with van der Waals surface area (Å²) in [6.07, 6.45) is 0.991. The van der Waals surface area contributed by atoms with Crippen molar-refractivity contribution in [2.75, 3.05) is 32.8 Å². The van der Waals surface area contributed by atoms with Crippen LogP contribution in [0.3, 0.4) is 0 Å². The SMILES string of the molecule is Cc1cc(OCC(=O)N2CCCNCC2)cc(C)c1Cl. The minimum Gasteiger partial charge on any atom is -0.484 e. The van der Waals surface area contributed by atoms with Gasteiger partial charge in [-0.15, -0.1) is 0 Å². The van der Waals surface area contributed by atoms with E-state index in [1.54, 1.807) is 0 Å². The van der Waals surface area contributed by atoms with Crippen molar-refractivity contribution in [1.29, 1.82) is 0 Å². The van der Waals surface area contributed by atoms with Gasteiger partial charge in [-0.1, -0.05) is 11.6 Å². The van der Waals surface area contributed by atoms with Gasteiger partial charge in [0.05, 0.1) is 0 Å². The summed E-state index contributed by atoms with van der Waals surface area (Å²) in [5.74, 6) is 0.740. The normalized spacial score (nSPS) is 15.8. The molecule has 0 atom stereocenters. The lowest BCUT2D eigenvalue weighted by Crippen LogP contribution is -2.37. The molecule has 1 saturated heterocycles. The third-order valence-electron chi connectivity index (χ3n) is 3.47. The van der Waals surface area contributed by atoms with Gasteiger partial charge in [-0.2, -0.15) is 0 Å². The molecule has 1 aromatic carbocycles. The predicted octanol–water partition coefficient (Wildman–Crippen LogP) is 2.16. The van der Waals surface area contributed by atoms with Crippen LogP contribution in [0.5, 0.6) is 5.75 Å². The third kappa shape index (κ3) is 3.87. The van der Waals surface area contributed by atoms with Crippen LogP contribution in [0.1, 0.15) is 17.5 Å². The number of rotatable bonds is 3. The first-order valence-electron chi connectivity index (χ1n) is 6.96. The van der Waals surface area contributed by atoms with Gasteiger partial charge in [0, 0.05) is 24.7 Å². The average Bonchev–Trinajstić information content (AvgIpc) is 2.71. The minimum atomic E-state index is 0.0407. The highest BCUT2D eigenvalue weighted by Crippen LogP contribution is 2.25. The number of carbonyl (C=O) groups is 1. The lowest BCUT2D eigenvalue weighted by molar-refractivity contribution is -0.133. The number of hydrogen-bond acceptors (Lipinski definition) is 3. The summed E-state index contributed by atoms with van der Waals surface area (Å²) >= 11 is 6.11. The standard InChI is InChI=1S/C15H21ClN2O2/c1-11-8-13(9-12(2)15(11)16)20-10-14(19)18-6-3-4-17-5-7-18/h8-9,17H,3-7,10H2,1-2H3. The van der Waals surface area contributed by atoms with Crippen LogP contribution in [0.15, 0.2) is 12.1 Å². The number of amides is 1. The van der Waals surface area contributed by atoms with Gasteiger partial charge in [-0.25, -0.2) is 0 Å². The van der Waals surface area contributed by atoms with Gasteiger partial charge in [0.25, 0.3) is 5.91 Å². The molecule has 0 radical (unpaired) electrons. The molecule has 0 aromatic heterocycles. The van der Waals surface area contributed by atoms with E-state index >= 15 is 0 Å². The molecule has 0 bridgehead atoms. The summed E-state index contributed by atoms with van der Waals surface area (Å²) in [5, 5.41) is 4.03. The molecule has 0 spiro atoms. The molecule has 0 aliphatic carbocycles. The van der Waals surface area contributed by atoms with Gasteiger partial charge in [0.1, 0.15) is 5.75 Å². The first-order valence-corrected chi connectivity index (χ1v) is 7.34. The van der Waals surface area contributed by atoms with Gasteiger partial charge >= 0.3 is 0 Å². The largest absolute Gasteiger partial charge is 0.484 e. The number of carbonyl (C=O) groups excluding carboxylic acids is 1. The lowest BCUT2D eigenvalue weighted by atomic mass is 10.1. The van der Waals surface area contributed by atoms with Gasteiger partial charge in [-0.3, -0.25) is 4.79 Å². The van der Waals surface area contributed by atoms with E-state index in [9.17, 15) is 4.79 Å². The van der Waals surface area contributed by atoms with Crippen LogP contribution in [-0.2, 0) is 4.79 Å². The van der Waals surface area contributed by atoms with E-state index in [1.807, 2.05) is 30.9 Å². The molecule has 5 heteroatoms. The Morgan fingerprint density at radius 1 is 1.30 bits per heavy atom. The number of benzene rings is 1. The zero-order valence-corrected chi connectivity index (χ0v) is 12.8. The molecule has 2 rings (SSSR count). The molecular formula is C15H21ClN2O2. The second-order valence-electron chi connectivity index (χ2n) is 5.14. The Morgan fingerprint density at radius 3 is 2.70 bits per heavy atom. The van der Waals surface area contributed by atoms with Crippen molar-refractivity contribution in [3.63, 3.8) is 0 Å². The van der Waals surface area contributed by atoms with E-state index in [2.05, 4.69) is 5.32 Å². The molecule has 1 aliphatic rings. The Bertz CT molecular complexity index is 460. The van der Waals surface area contributed by atoms with E-state index < -0.39 is 0 Å². The highest BCUT2D eigenvalue weighted by atomic mass is 35.5. The Kier molecular flexibility index (Phi) is 5.26. The maximum absolute atomic E-state index is 12.1. The molecular weight excluding hydrogens is 276 g/mol. The molecule has 0 unspecified atom stereocenters. The van der Waals surface area contributed by atoms with Gasteiger partial charge in [0.2, 0.25) is 0 Å². The molecule has 1 fully saturated rings. The highest BCUT2D eigenvalue weighted by Gasteiger charge is 2.16. The highest BCUT2D eigenvalue weighted by molar-refractivity contribution is 6.32. The summed E-state index contributed by atoms with van der Waals surface area (Å²) < 4.78 is 5.61. The van der Waals surface area contributed by atoms with Crippen molar-refractivity contribution in [1.82, 2.24) is 10.2 Å². The Hall–Kier alpha value is -1.26. The van der Waals surface area contributed by atoms with Crippen molar-refractivity contribution in [3.8, 4) is 5.75 Å². The molecule has 1 aliphatic heterocycles. The fourth-order valence-electron chi connectivity index (χ4n) is 2.32. The van der Waals surface area contributed by atoms with Crippen LogP contribution in [0.25, 0.3) is 0 Å². The Labute approximate surface area is 125 Å². The number of hydrogen-bond donors (Lipinski definition) is 1. The van der Waals surface area contributed by atoms with E-state index in [1.165, 1.54) is 0 Å². The van der Waals surface area contributed by atoms with Gasteiger partial charge in [-0.05, 0) is 50.1 Å². The molecule has 20 heavy (non-hydrogen) atoms. The van der Waals surface area contributed by atoms with Crippen molar-refractivity contribution in [2.24, 2.45) is 0 Å². The summed E-state index contributed by atoms with van der Waals surface area (Å²) in [7, 11) is 0. The van der Waals surface area contributed by atoms with Gasteiger partial charge in [0.15, 0.2) is 6.61 Å². The van der Waals surface area contributed by atoms with E-state index in [4.69, 9.17) is 16.3 Å². The van der Waals surface area contributed by atoms with Crippen molar-refractivity contribution in [2.45, 2.75) is 20.3 Å². The Morgan fingerprint density at radius 2 is 2.00 bits per heavy atom. The number of nitrogens with one attached hydrogen (secondary N) is 1. The second-order valence-corrected chi connectivity index (χ2v) is 5.52. The zero-order valence-electron chi connectivity index (χ0n) is 12.0. The first-order chi connectivity index (χ1) is 9.58. The van der Waals surface area contributed by atoms with Crippen LogP contribution in [-0.4, -0.2) is 43.6 Å². The smallest absolute Gasteiger partial charge is 0.260 e. The van der Waals surface area contributed by atoms with Crippen LogP contribution in [0.2, 0.25) is 5.02 Å². The van der Waals surface area contributed by atoms with E-state index in [0.717, 1.165) is 48.7 Å². The second kappa shape index (κ2) is 6.95. The molecule has 0 saturated carbocycles. The molecule has 1 N–H and O–H groups in total. The van der Waals surface area contributed by atoms with Crippen LogP contribution < -0.4 is 10.1 Å². The molecule has 110 valence electrons. The monoisotopic (exact) mass is 296 g/mol. The Balaban J connectivity index is 1.92. The predicted molar refractivity (Wildman–Crippen MR) is 80.5 cm³/mol. The number of nitrogens with zero attached hydrogens (tertiary/aromatic N) is 1. The number of aryl methyl sites for hydroxylation is 2. The zero-order chi connectivity index (χ0) is 14.5. The summed E-state index contributed by atoms with van der Waals surface area (Å²) in [5.41, 5.74) is 1.93. The van der Waals surface area contributed by atoms with Crippen molar-refractivity contribution >= 4 is 17.5 Å². The number of halogens is 1. The fraction of sp³-hybridized carbons (Fsp3) is 0.533. The third-order valence-corrected chi connectivity index (χ3v) is 4.06. The van der Waals surface area contributed by atoms with Crippen LogP contribution in [0, 0.1) is 13.8 Å². The maximum Gasteiger partial charge on any atom is 0.260 e. The molecule has 4 nitrogen and oxygen atoms in total. The first kappa shape index (κ1) is 15.1. The topological polar surface area (TPSA) is 41.6 Å². The van der Waals surface area contributed by atoms with E-state index in [-0.39, 0.29) is 12.5 Å². The van der Waals surface area contributed by atoms with Crippen molar-refractivity contribution < 1.29 is 9.53 Å². The summed E-state index contributed by atoms with van der Waals surface area (Å²) in [4.78, 5) is 14.0. The molecule has 1 aromatic rings. The number of ether oxygens (including phenoxy) is 1. The average molecular weight is 297 g/mol. The van der Waals surface area contributed by atoms with Crippen LogP contribution >= 0.6 is 11.6 Å². The lowest BCUT2D eigenvalue weighted by Gasteiger charge is -2.20. The summed E-state index contributed by atoms with van der Waals surface area (Å²) in [6, 6.07) is 3.74. The fourth-order valence-corrected chi connectivity index (χ4v) is 2.43. The van der Waals surface area contributed by atoms with Crippen LogP contribution in [0.4, 0.5) is 0 Å². The maximum atomic E-state index is 12.1. The molecule has 1 heterocycles. The minimum absolute atomic E-state index is 0.0407. The van der Waals surface area contributed by atoms with Gasteiger partial charge < -0.3 is 15.0 Å².